The van der Waals surface area contributed by atoms with E-state index in [9.17, 15) is 18.0 Å². The van der Waals surface area contributed by atoms with Crippen LogP contribution in [0.2, 0.25) is 0 Å². The molecule has 0 spiro atoms. The molecule has 0 saturated carbocycles. The van der Waals surface area contributed by atoms with Gasteiger partial charge >= 0.3 is 6.36 Å². The van der Waals surface area contributed by atoms with E-state index in [1.165, 1.54) is 18.7 Å². The molecular weight excluding hydrogens is 213 g/mol. The van der Waals surface area contributed by atoms with Gasteiger partial charge in [0.05, 0.1) is 12.1 Å². The molecule has 0 aliphatic carbocycles. The first-order valence-electron chi connectivity index (χ1n) is 4.53. The lowest BCUT2D eigenvalue weighted by atomic mass is 10.00. The molecule has 0 aromatic rings. The largest absolute Gasteiger partial charge is 0.522 e. The smallest absolute Gasteiger partial charge is 0.333 e. The third kappa shape index (κ3) is 2.82. The number of halogens is 3. The molecule has 1 rings (SSSR count). The molecule has 1 aliphatic heterocycles. The van der Waals surface area contributed by atoms with Gasteiger partial charge in [-0.25, -0.2) is 0 Å². The number of ether oxygens (including phenoxy) is 1. The highest BCUT2D eigenvalue weighted by molar-refractivity contribution is 5.82. The zero-order chi connectivity index (χ0) is 11.8. The third-order valence-corrected chi connectivity index (χ3v) is 2.36. The van der Waals surface area contributed by atoms with E-state index in [0.29, 0.717) is 0 Å². The molecule has 88 valence electrons. The third-order valence-electron chi connectivity index (χ3n) is 2.36. The minimum absolute atomic E-state index is 0.0545. The Hall–Kier alpha value is -0.820. The summed E-state index contributed by atoms with van der Waals surface area (Å²) in [6.45, 7) is 2.94. The van der Waals surface area contributed by atoms with Gasteiger partial charge in [0.1, 0.15) is 6.10 Å². The molecule has 1 fully saturated rings. The van der Waals surface area contributed by atoms with E-state index in [-0.39, 0.29) is 12.5 Å². The number of alkyl halides is 3. The SMILES string of the molecule is C[C@@H]1[C@@H](OC(F)(F)F)CN1C(=O)[C@@H](C)N. The van der Waals surface area contributed by atoms with Gasteiger partial charge in [0.15, 0.2) is 0 Å². The summed E-state index contributed by atoms with van der Waals surface area (Å²) in [5, 5.41) is 0. The van der Waals surface area contributed by atoms with Gasteiger partial charge in [-0.3, -0.25) is 9.53 Å². The Morgan fingerprint density at radius 2 is 2.13 bits per heavy atom. The first-order valence-corrected chi connectivity index (χ1v) is 4.53. The Bertz CT molecular complexity index is 255. The lowest BCUT2D eigenvalue weighted by Crippen LogP contribution is -2.65. The first-order chi connectivity index (χ1) is 6.72. The molecule has 0 radical (unpaired) electrons. The second-order valence-corrected chi connectivity index (χ2v) is 3.62. The normalized spacial score (nSPS) is 28.5. The van der Waals surface area contributed by atoms with Gasteiger partial charge in [-0.05, 0) is 13.8 Å². The number of carbonyl (C=O) groups excluding carboxylic acids is 1. The summed E-state index contributed by atoms with van der Waals surface area (Å²) in [5.74, 6) is -0.357. The van der Waals surface area contributed by atoms with Gasteiger partial charge in [-0.2, -0.15) is 0 Å². The van der Waals surface area contributed by atoms with Crippen LogP contribution < -0.4 is 5.73 Å². The molecule has 7 heteroatoms. The summed E-state index contributed by atoms with van der Waals surface area (Å²) < 4.78 is 39.3. The van der Waals surface area contributed by atoms with Crippen LogP contribution in [0.1, 0.15) is 13.8 Å². The zero-order valence-electron chi connectivity index (χ0n) is 8.41. The molecule has 0 aromatic carbocycles. The molecule has 1 aliphatic rings. The Balaban J connectivity index is 2.45. The molecule has 2 N–H and O–H groups in total. The van der Waals surface area contributed by atoms with E-state index in [1.807, 2.05) is 0 Å². The van der Waals surface area contributed by atoms with Crippen LogP contribution in [0.25, 0.3) is 0 Å². The fourth-order valence-corrected chi connectivity index (χ4v) is 1.44. The van der Waals surface area contributed by atoms with Crippen LogP contribution in [0.15, 0.2) is 0 Å². The van der Waals surface area contributed by atoms with Crippen molar-refractivity contribution in [2.45, 2.75) is 38.4 Å². The van der Waals surface area contributed by atoms with Crippen LogP contribution >= 0.6 is 0 Å². The maximum atomic E-state index is 11.8. The standard InChI is InChI=1S/C8H13F3N2O2/c1-4(12)7(14)13-3-6(5(13)2)15-8(9,10)11/h4-6H,3,12H2,1-2H3/t4-,5-,6+/m1/s1. The fraction of sp³-hybridized carbons (Fsp3) is 0.875. The summed E-state index contributed by atoms with van der Waals surface area (Å²) in [6.07, 6.45) is -5.63. The molecule has 0 unspecified atom stereocenters. The Labute approximate surface area is 85.2 Å². The molecule has 1 saturated heterocycles. The maximum Gasteiger partial charge on any atom is 0.522 e. The predicted octanol–water partition coefficient (Wildman–Crippen LogP) is 0.469. The molecule has 1 heterocycles. The molecule has 0 aromatic heterocycles. The van der Waals surface area contributed by atoms with Gasteiger partial charge in [0, 0.05) is 6.54 Å². The highest BCUT2D eigenvalue weighted by atomic mass is 19.4. The van der Waals surface area contributed by atoms with Crippen molar-refractivity contribution in [1.29, 1.82) is 0 Å². The van der Waals surface area contributed by atoms with E-state index in [0.717, 1.165) is 0 Å². The number of nitrogens with two attached hydrogens (primary N) is 1. The van der Waals surface area contributed by atoms with Crippen molar-refractivity contribution in [3.05, 3.63) is 0 Å². The lowest BCUT2D eigenvalue weighted by Gasteiger charge is -2.46. The summed E-state index contributed by atoms with van der Waals surface area (Å²) in [4.78, 5) is 12.6. The number of likely N-dealkylation sites (tertiary alicyclic amines) is 1. The summed E-state index contributed by atoms with van der Waals surface area (Å²) in [7, 11) is 0. The fourth-order valence-electron chi connectivity index (χ4n) is 1.44. The molecular formula is C8H13F3N2O2. The molecule has 1 amide bonds. The average molecular weight is 226 g/mol. The van der Waals surface area contributed by atoms with E-state index < -0.39 is 24.6 Å². The number of hydrogen-bond acceptors (Lipinski definition) is 3. The van der Waals surface area contributed by atoms with Gasteiger partial charge < -0.3 is 10.6 Å². The number of carbonyl (C=O) groups is 1. The molecule has 3 atom stereocenters. The van der Waals surface area contributed by atoms with Crippen molar-refractivity contribution in [3.63, 3.8) is 0 Å². The Kier molecular flexibility index (Phi) is 3.25. The molecule has 4 nitrogen and oxygen atoms in total. The zero-order valence-corrected chi connectivity index (χ0v) is 8.41. The number of amides is 1. The molecule has 15 heavy (non-hydrogen) atoms. The van der Waals surface area contributed by atoms with Crippen molar-refractivity contribution >= 4 is 5.91 Å². The number of rotatable bonds is 2. The summed E-state index contributed by atoms with van der Waals surface area (Å²) >= 11 is 0. The quantitative estimate of drug-likeness (QED) is 0.744. The average Bonchev–Trinajstić information content (AvgIpc) is 2.08. The monoisotopic (exact) mass is 226 g/mol. The highest BCUT2D eigenvalue weighted by Gasteiger charge is 2.46. The van der Waals surface area contributed by atoms with Crippen molar-refractivity contribution in [3.8, 4) is 0 Å². The van der Waals surface area contributed by atoms with Crippen molar-refractivity contribution < 1.29 is 22.7 Å². The summed E-state index contributed by atoms with van der Waals surface area (Å²) in [5.41, 5.74) is 5.33. The van der Waals surface area contributed by atoms with Crippen LogP contribution in [-0.4, -0.2) is 41.9 Å². The minimum atomic E-state index is -4.65. The van der Waals surface area contributed by atoms with Crippen molar-refractivity contribution in [2.75, 3.05) is 6.54 Å². The van der Waals surface area contributed by atoms with Crippen molar-refractivity contribution in [1.82, 2.24) is 4.90 Å². The lowest BCUT2D eigenvalue weighted by molar-refractivity contribution is -0.359. The van der Waals surface area contributed by atoms with Crippen LogP contribution in [0.5, 0.6) is 0 Å². The topological polar surface area (TPSA) is 55.6 Å². The van der Waals surface area contributed by atoms with E-state index in [2.05, 4.69) is 4.74 Å². The number of hydrogen-bond donors (Lipinski definition) is 1. The Morgan fingerprint density at radius 1 is 1.60 bits per heavy atom. The van der Waals surface area contributed by atoms with Crippen LogP contribution in [0.4, 0.5) is 13.2 Å². The van der Waals surface area contributed by atoms with Crippen molar-refractivity contribution in [2.24, 2.45) is 5.73 Å². The minimum Gasteiger partial charge on any atom is -0.333 e. The van der Waals surface area contributed by atoms with Crippen LogP contribution in [0, 0.1) is 0 Å². The summed E-state index contributed by atoms with van der Waals surface area (Å²) in [6, 6.07) is -1.27. The predicted molar refractivity (Wildman–Crippen MR) is 45.8 cm³/mol. The van der Waals surface area contributed by atoms with Gasteiger partial charge in [-0.15, -0.1) is 13.2 Å². The number of nitrogens with zero attached hydrogens (tertiary/aromatic N) is 1. The molecule has 0 bridgehead atoms. The van der Waals surface area contributed by atoms with Crippen LogP contribution in [-0.2, 0) is 9.53 Å². The van der Waals surface area contributed by atoms with E-state index in [4.69, 9.17) is 5.73 Å². The van der Waals surface area contributed by atoms with Gasteiger partial charge in [-0.1, -0.05) is 0 Å². The van der Waals surface area contributed by atoms with E-state index in [1.54, 1.807) is 0 Å². The van der Waals surface area contributed by atoms with Crippen LogP contribution in [0.3, 0.4) is 0 Å². The Morgan fingerprint density at radius 3 is 2.47 bits per heavy atom. The second-order valence-electron chi connectivity index (χ2n) is 3.62. The highest BCUT2D eigenvalue weighted by Crippen LogP contribution is 2.28. The van der Waals surface area contributed by atoms with Gasteiger partial charge in [0.2, 0.25) is 5.91 Å². The van der Waals surface area contributed by atoms with E-state index >= 15 is 0 Å². The maximum absolute atomic E-state index is 11.8. The first kappa shape index (κ1) is 12.3. The van der Waals surface area contributed by atoms with Gasteiger partial charge in [0.25, 0.3) is 0 Å². The second kappa shape index (κ2) is 3.97.